The summed E-state index contributed by atoms with van der Waals surface area (Å²) in [5.41, 5.74) is 1.16. The van der Waals surface area contributed by atoms with Gasteiger partial charge in [0, 0.05) is 34.5 Å². The first kappa shape index (κ1) is 14.7. The van der Waals surface area contributed by atoms with Crippen LogP contribution >= 0.6 is 31.9 Å². The second kappa shape index (κ2) is 5.73. The molecule has 102 valence electrons. The van der Waals surface area contributed by atoms with E-state index in [0.29, 0.717) is 0 Å². The summed E-state index contributed by atoms with van der Waals surface area (Å²) in [4.78, 5) is 4.46. The summed E-state index contributed by atoms with van der Waals surface area (Å²) in [6.45, 7) is 7.16. The lowest BCUT2D eigenvalue weighted by Gasteiger charge is -2.21. The molecule has 4 nitrogen and oxygen atoms in total. The van der Waals surface area contributed by atoms with E-state index in [4.69, 9.17) is 0 Å². The molecule has 2 heterocycles. The van der Waals surface area contributed by atoms with Gasteiger partial charge < -0.3 is 5.32 Å². The maximum Gasteiger partial charge on any atom is 0.157 e. The number of pyridine rings is 1. The van der Waals surface area contributed by atoms with Gasteiger partial charge in [-0.25, -0.2) is 9.67 Å². The van der Waals surface area contributed by atoms with Gasteiger partial charge in [-0.05, 0) is 58.7 Å². The Balaban J connectivity index is 2.33. The lowest BCUT2D eigenvalue weighted by atomic mass is 10.1. The predicted molar refractivity (Wildman–Crippen MR) is 83.4 cm³/mol. The minimum Gasteiger partial charge on any atom is -0.308 e. The van der Waals surface area contributed by atoms with Crippen molar-refractivity contribution in [3.63, 3.8) is 0 Å². The Hall–Kier alpha value is -0.720. The van der Waals surface area contributed by atoms with Crippen LogP contribution in [0.4, 0.5) is 0 Å². The molecule has 0 saturated heterocycles. The molecule has 1 N–H and O–H groups in total. The molecule has 0 bridgehead atoms. The molecule has 0 amide bonds. The molecular weight excluding hydrogens is 372 g/mol. The van der Waals surface area contributed by atoms with E-state index in [9.17, 15) is 0 Å². The Bertz CT molecular complexity index is 572. The molecule has 2 aromatic rings. The van der Waals surface area contributed by atoms with Gasteiger partial charge in [0.2, 0.25) is 0 Å². The van der Waals surface area contributed by atoms with E-state index in [0.717, 1.165) is 26.9 Å². The van der Waals surface area contributed by atoms with E-state index in [-0.39, 0.29) is 5.54 Å². The smallest absolute Gasteiger partial charge is 0.157 e. The van der Waals surface area contributed by atoms with Crippen molar-refractivity contribution < 1.29 is 0 Å². The van der Waals surface area contributed by atoms with Crippen LogP contribution in [0.5, 0.6) is 0 Å². The van der Waals surface area contributed by atoms with Gasteiger partial charge in [-0.15, -0.1) is 0 Å². The van der Waals surface area contributed by atoms with Crippen LogP contribution in [0.2, 0.25) is 0 Å². The molecule has 2 aromatic heterocycles. The zero-order chi connectivity index (χ0) is 14.0. The molecule has 0 saturated carbocycles. The second-order valence-corrected chi connectivity index (χ2v) is 7.17. The largest absolute Gasteiger partial charge is 0.308 e. The Morgan fingerprint density at radius 2 is 1.95 bits per heavy atom. The number of hydrogen-bond acceptors (Lipinski definition) is 3. The Labute approximate surface area is 129 Å². The van der Waals surface area contributed by atoms with Gasteiger partial charge in [-0.2, -0.15) is 5.10 Å². The summed E-state index contributed by atoms with van der Waals surface area (Å²) in [5, 5.41) is 7.75. The first-order valence-corrected chi connectivity index (χ1v) is 7.54. The van der Waals surface area contributed by atoms with Crippen molar-refractivity contribution in [2.24, 2.45) is 0 Å². The zero-order valence-corrected chi connectivity index (χ0v) is 14.3. The summed E-state index contributed by atoms with van der Waals surface area (Å²) in [5.74, 6) is 0.839. The van der Waals surface area contributed by atoms with Gasteiger partial charge in [0.1, 0.15) is 0 Å². The highest BCUT2D eigenvalue weighted by atomic mass is 79.9. The minimum atomic E-state index is 0.0598. The molecule has 0 fully saturated rings. The van der Waals surface area contributed by atoms with Crippen LogP contribution in [-0.4, -0.2) is 20.3 Å². The lowest BCUT2D eigenvalue weighted by molar-refractivity contribution is 0.423. The summed E-state index contributed by atoms with van der Waals surface area (Å²) < 4.78 is 3.68. The molecule has 0 unspecified atom stereocenters. The average Bonchev–Trinajstić information content (AvgIpc) is 2.72. The van der Waals surface area contributed by atoms with Crippen molar-refractivity contribution in [1.82, 2.24) is 20.1 Å². The first-order chi connectivity index (χ1) is 8.85. The molecule has 0 aliphatic carbocycles. The number of rotatable bonds is 3. The van der Waals surface area contributed by atoms with Crippen LogP contribution in [0.25, 0.3) is 5.82 Å². The topological polar surface area (TPSA) is 42.7 Å². The zero-order valence-electron chi connectivity index (χ0n) is 11.1. The van der Waals surface area contributed by atoms with Crippen LogP contribution in [0, 0.1) is 0 Å². The third kappa shape index (κ3) is 4.12. The number of halogens is 2. The number of hydrogen-bond donors (Lipinski definition) is 1. The predicted octanol–water partition coefficient (Wildman–Crippen LogP) is 3.68. The summed E-state index contributed by atoms with van der Waals surface area (Å²) >= 11 is 6.87. The van der Waals surface area contributed by atoms with E-state index in [1.54, 1.807) is 17.1 Å². The molecular formula is C13H16Br2N4. The van der Waals surface area contributed by atoms with Crippen LogP contribution < -0.4 is 5.32 Å². The van der Waals surface area contributed by atoms with Crippen molar-refractivity contribution in [2.45, 2.75) is 32.9 Å². The van der Waals surface area contributed by atoms with Gasteiger partial charge in [-0.3, -0.25) is 0 Å². The highest BCUT2D eigenvalue weighted by Crippen LogP contribution is 2.19. The minimum absolute atomic E-state index is 0.0598. The van der Waals surface area contributed by atoms with E-state index in [1.165, 1.54) is 0 Å². The van der Waals surface area contributed by atoms with Gasteiger partial charge in [0.25, 0.3) is 0 Å². The van der Waals surface area contributed by atoms with E-state index in [2.05, 4.69) is 74.1 Å². The standard InChI is InChI=1S/C13H16Br2N4/c1-13(2,3)17-5-9-4-10(14)6-16-12(9)19-8-11(15)7-18-19/h4,6-8,17H,5H2,1-3H3. The van der Waals surface area contributed by atoms with Crippen molar-refractivity contribution >= 4 is 31.9 Å². The summed E-state index contributed by atoms with van der Waals surface area (Å²) in [6.07, 6.45) is 5.44. The Morgan fingerprint density at radius 3 is 2.53 bits per heavy atom. The summed E-state index contributed by atoms with van der Waals surface area (Å²) in [6, 6.07) is 2.07. The number of nitrogens with one attached hydrogen (secondary N) is 1. The van der Waals surface area contributed by atoms with Gasteiger partial charge in [-0.1, -0.05) is 0 Å². The molecule has 0 radical (unpaired) electrons. The van der Waals surface area contributed by atoms with Crippen molar-refractivity contribution in [3.05, 3.63) is 39.2 Å². The fourth-order valence-electron chi connectivity index (χ4n) is 1.59. The first-order valence-electron chi connectivity index (χ1n) is 5.95. The number of aromatic nitrogens is 3. The maximum absolute atomic E-state index is 4.46. The fourth-order valence-corrected chi connectivity index (χ4v) is 2.25. The SMILES string of the molecule is CC(C)(C)NCc1cc(Br)cnc1-n1cc(Br)cn1. The lowest BCUT2D eigenvalue weighted by Crippen LogP contribution is -2.35. The van der Waals surface area contributed by atoms with Crippen LogP contribution in [0.3, 0.4) is 0 Å². The molecule has 0 aliphatic heterocycles. The van der Waals surface area contributed by atoms with Crippen LogP contribution in [-0.2, 0) is 6.54 Å². The van der Waals surface area contributed by atoms with Crippen LogP contribution in [0.15, 0.2) is 33.6 Å². The molecule has 0 aromatic carbocycles. The molecule has 19 heavy (non-hydrogen) atoms. The van der Waals surface area contributed by atoms with Crippen LogP contribution in [0.1, 0.15) is 26.3 Å². The normalized spacial score (nSPS) is 11.8. The van der Waals surface area contributed by atoms with Crippen molar-refractivity contribution in [2.75, 3.05) is 0 Å². The van der Waals surface area contributed by atoms with Crippen molar-refractivity contribution in [1.29, 1.82) is 0 Å². The molecule has 0 aliphatic rings. The molecule has 0 spiro atoms. The Morgan fingerprint density at radius 1 is 1.21 bits per heavy atom. The quantitative estimate of drug-likeness (QED) is 0.873. The van der Waals surface area contributed by atoms with Gasteiger partial charge >= 0.3 is 0 Å². The molecule has 2 rings (SSSR count). The van der Waals surface area contributed by atoms with E-state index in [1.807, 2.05) is 6.20 Å². The molecule has 0 atom stereocenters. The monoisotopic (exact) mass is 386 g/mol. The fraction of sp³-hybridized carbons (Fsp3) is 0.385. The highest BCUT2D eigenvalue weighted by Gasteiger charge is 2.13. The number of nitrogens with zero attached hydrogens (tertiary/aromatic N) is 3. The highest BCUT2D eigenvalue weighted by molar-refractivity contribution is 9.10. The van der Waals surface area contributed by atoms with E-state index >= 15 is 0 Å². The second-order valence-electron chi connectivity index (χ2n) is 5.34. The third-order valence-electron chi connectivity index (χ3n) is 2.49. The summed E-state index contributed by atoms with van der Waals surface area (Å²) in [7, 11) is 0. The maximum atomic E-state index is 4.46. The van der Waals surface area contributed by atoms with Crippen molar-refractivity contribution in [3.8, 4) is 5.82 Å². The van der Waals surface area contributed by atoms with Gasteiger partial charge in [0.05, 0.1) is 10.7 Å². The molecule has 6 heteroatoms. The third-order valence-corrected chi connectivity index (χ3v) is 3.33. The Kier molecular flexibility index (Phi) is 4.43. The van der Waals surface area contributed by atoms with Gasteiger partial charge in [0.15, 0.2) is 5.82 Å². The van der Waals surface area contributed by atoms with E-state index < -0.39 is 0 Å². The average molecular weight is 388 g/mol.